The van der Waals surface area contributed by atoms with Crippen LogP contribution in [0.5, 0.6) is 0 Å². The molecule has 0 saturated heterocycles. The Morgan fingerprint density at radius 1 is 1.29 bits per heavy atom. The molecule has 0 spiro atoms. The highest BCUT2D eigenvalue weighted by Crippen LogP contribution is 2.20. The average molecular weight is 189 g/mol. The first-order valence-corrected chi connectivity index (χ1v) is 4.04. The summed E-state index contributed by atoms with van der Waals surface area (Å²) in [7, 11) is 0. The number of benzene rings is 1. The fraction of sp³-hybridized carbons (Fsp3) is 0.111. The van der Waals surface area contributed by atoms with Crippen molar-refractivity contribution in [1.29, 1.82) is 0 Å². The minimum atomic E-state index is -0.429. The highest BCUT2D eigenvalue weighted by atomic mass is 16.6. The molecule has 0 bridgehead atoms. The molecule has 1 heterocycles. The molecule has 2 rings (SSSR count). The van der Waals surface area contributed by atoms with Gasteiger partial charge >= 0.3 is 0 Å². The quantitative estimate of drug-likeness (QED) is 0.507. The van der Waals surface area contributed by atoms with Gasteiger partial charge in [-0.1, -0.05) is 0 Å². The molecular formula is C9H7N3O2. The van der Waals surface area contributed by atoms with E-state index < -0.39 is 4.92 Å². The Kier molecular flexibility index (Phi) is 1.85. The van der Waals surface area contributed by atoms with Crippen molar-refractivity contribution in [2.75, 3.05) is 0 Å². The van der Waals surface area contributed by atoms with Crippen molar-refractivity contribution in [3.05, 3.63) is 40.2 Å². The predicted molar refractivity (Wildman–Crippen MR) is 50.9 cm³/mol. The van der Waals surface area contributed by atoms with Crippen LogP contribution in [-0.4, -0.2) is 14.9 Å². The van der Waals surface area contributed by atoms with Gasteiger partial charge in [-0.3, -0.25) is 20.1 Å². The van der Waals surface area contributed by atoms with Gasteiger partial charge in [-0.25, -0.2) is 0 Å². The number of hydrogen-bond acceptors (Lipinski definition) is 4. The molecule has 70 valence electrons. The van der Waals surface area contributed by atoms with Gasteiger partial charge in [0.15, 0.2) is 0 Å². The van der Waals surface area contributed by atoms with Crippen molar-refractivity contribution < 1.29 is 4.92 Å². The van der Waals surface area contributed by atoms with Crippen LogP contribution >= 0.6 is 0 Å². The van der Waals surface area contributed by atoms with Crippen LogP contribution in [0.4, 0.5) is 5.69 Å². The second-order valence-electron chi connectivity index (χ2n) is 2.94. The van der Waals surface area contributed by atoms with Gasteiger partial charge in [0.05, 0.1) is 16.0 Å². The maximum atomic E-state index is 10.6. The Morgan fingerprint density at radius 3 is 2.71 bits per heavy atom. The van der Waals surface area contributed by atoms with Crippen molar-refractivity contribution in [1.82, 2.24) is 9.97 Å². The second-order valence-corrected chi connectivity index (χ2v) is 2.94. The molecule has 0 aliphatic rings. The van der Waals surface area contributed by atoms with Crippen molar-refractivity contribution in [3.63, 3.8) is 0 Å². The summed E-state index contributed by atoms with van der Waals surface area (Å²) in [6.07, 6.45) is 3.09. The van der Waals surface area contributed by atoms with Gasteiger partial charge in [-0.05, 0) is 12.5 Å². The van der Waals surface area contributed by atoms with Crippen LogP contribution in [-0.2, 0) is 0 Å². The maximum Gasteiger partial charge on any atom is 0.272 e. The first-order valence-electron chi connectivity index (χ1n) is 4.04. The van der Waals surface area contributed by atoms with E-state index in [0.717, 1.165) is 5.56 Å². The third kappa shape index (κ3) is 1.28. The number of rotatable bonds is 1. The summed E-state index contributed by atoms with van der Waals surface area (Å²) >= 11 is 0. The van der Waals surface area contributed by atoms with Gasteiger partial charge in [-0.2, -0.15) is 0 Å². The minimum Gasteiger partial charge on any atom is -0.258 e. The monoisotopic (exact) mass is 189 g/mol. The molecule has 14 heavy (non-hydrogen) atoms. The number of nitro benzene ring substituents is 1. The van der Waals surface area contributed by atoms with Crippen molar-refractivity contribution in [2.45, 2.75) is 6.92 Å². The molecule has 0 aliphatic carbocycles. The second kappa shape index (κ2) is 3.02. The molecule has 0 atom stereocenters. The summed E-state index contributed by atoms with van der Waals surface area (Å²) in [6, 6.07) is 2.92. The summed E-state index contributed by atoms with van der Waals surface area (Å²) in [4.78, 5) is 18.2. The van der Waals surface area contributed by atoms with E-state index in [1.807, 2.05) is 0 Å². The summed E-state index contributed by atoms with van der Waals surface area (Å²) in [5.41, 5.74) is 2.08. The predicted octanol–water partition coefficient (Wildman–Crippen LogP) is 1.85. The molecular weight excluding hydrogens is 182 g/mol. The Labute approximate surface area is 79.6 Å². The van der Waals surface area contributed by atoms with Crippen molar-refractivity contribution >= 4 is 16.7 Å². The number of aryl methyl sites for hydroxylation is 1. The van der Waals surface area contributed by atoms with Crippen LogP contribution in [0.3, 0.4) is 0 Å². The molecule has 0 amide bonds. The van der Waals surface area contributed by atoms with Crippen LogP contribution in [0.15, 0.2) is 24.5 Å². The molecule has 0 N–H and O–H groups in total. The fourth-order valence-corrected chi connectivity index (χ4v) is 1.34. The topological polar surface area (TPSA) is 68.9 Å². The zero-order valence-corrected chi connectivity index (χ0v) is 7.47. The Hall–Kier alpha value is -2.04. The van der Waals surface area contributed by atoms with Crippen molar-refractivity contribution in [2.24, 2.45) is 0 Å². The van der Waals surface area contributed by atoms with Crippen LogP contribution < -0.4 is 0 Å². The van der Waals surface area contributed by atoms with E-state index in [0.29, 0.717) is 11.0 Å². The smallest absolute Gasteiger partial charge is 0.258 e. The molecule has 0 saturated carbocycles. The van der Waals surface area contributed by atoms with Crippen molar-refractivity contribution in [3.8, 4) is 0 Å². The van der Waals surface area contributed by atoms with Crippen LogP contribution in [0.25, 0.3) is 11.0 Å². The molecule has 5 nitrogen and oxygen atoms in total. The third-order valence-electron chi connectivity index (χ3n) is 1.96. The van der Waals surface area contributed by atoms with E-state index >= 15 is 0 Å². The van der Waals surface area contributed by atoms with Crippen LogP contribution in [0, 0.1) is 17.0 Å². The fourth-order valence-electron chi connectivity index (χ4n) is 1.34. The Balaban J connectivity index is 2.78. The standard InChI is InChI=1S/C9H7N3O2/c1-6-4-7(12(13)14)5-8-9(6)11-3-2-10-8/h2-5H,1H3. The van der Waals surface area contributed by atoms with E-state index in [-0.39, 0.29) is 5.69 Å². The first kappa shape index (κ1) is 8.55. The summed E-state index contributed by atoms with van der Waals surface area (Å²) in [6.45, 7) is 1.78. The normalized spacial score (nSPS) is 10.4. The number of nitrogens with zero attached hydrogens (tertiary/aromatic N) is 3. The van der Waals surface area contributed by atoms with Gasteiger partial charge in [-0.15, -0.1) is 0 Å². The zero-order valence-electron chi connectivity index (χ0n) is 7.47. The first-order chi connectivity index (χ1) is 6.68. The van der Waals surface area contributed by atoms with Crippen LogP contribution in [0.1, 0.15) is 5.56 Å². The summed E-state index contributed by atoms with van der Waals surface area (Å²) < 4.78 is 0. The SMILES string of the molecule is Cc1cc([N+](=O)[O-])cc2nccnc12. The molecule has 1 aromatic carbocycles. The lowest BCUT2D eigenvalue weighted by Crippen LogP contribution is -1.92. The van der Waals surface area contributed by atoms with Crippen LogP contribution in [0.2, 0.25) is 0 Å². The Bertz CT molecular complexity index is 510. The highest BCUT2D eigenvalue weighted by Gasteiger charge is 2.09. The van der Waals surface area contributed by atoms with E-state index in [4.69, 9.17) is 0 Å². The highest BCUT2D eigenvalue weighted by molar-refractivity contribution is 5.80. The average Bonchev–Trinajstić information content (AvgIpc) is 2.17. The largest absolute Gasteiger partial charge is 0.272 e. The molecule has 0 fully saturated rings. The van der Waals surface area contributed by atoms with E-state index in [1.165, 1.54) is 18.3 Å². The minimum absolute atomic E-state index is 0.0514. The van der Waals surface area contributed by atoms with Gasteiger partial charge < -0.3 is 0 Å². The number of non-ortho nitro benzene ring substituents is 1. The van der Waals surface area contributed by atoms with Gasteiger partial charge in [0.2, 0.25) is 0 Å². The third-order valence-corrected chi connectivity index (χ3v) is 1.96. The Morgan fingerprint density at radius 2 is 2.00 bits per heavy atom. The molecule has 0 radical (unpaired) electrons. The molecule has 2 aromatic rings. The van der Waals surface area contributed by atoms with Gasteiger partial charge in [0, 0.05) is 24.5 Å². The lowest BCUT2D eigenvalue weighted by molar-refractivity contribution is -0.384. The number of nitro groups is 1. The summed E-state index contributed by atoms with van der Waals surface area (Å²) in [5.74, 6) is 0. The molecule has 0 aliphatic heterocycles. The van der Waals surface area contributed by atoms with Gasteiger partial charge in [0.1, 0.15) is 0 Å². The number of fused-ring (bicyclic) bond motifs is 1. The lowest BCUT2D eigenvalue weighted by atomic mass is 10.2. The molecule has 0 unspecified atom stereocenters. The molecule has 5 heteroatoms. The number of hydrogen-bond donors (Lipinski definition) is 0. The van der Waals surface area contributed by atoms with Gasteiger partial charge in [0.25, 0.3) is 5.69 Å². The van der Waals surface area contributed by atoms with E-state index in [1.54, 1.807) is 13.1 Å². The zero-order chi connectivity index (χ0) is 10.1. The summed E-state index contributed by atoms with van der Waals surface area (Å²) in [5, 5.41) is 10.6. The lowest BCUT2D eigenvalue weighted by Gasteiger charge is -1.99. The van der Waals surface area contributed by atoms with E-state index in [9.17, 15) is 10.1 Å². The van der Waals surface area contributed by atoms with E-state index in [2.05, 4.69) is 9.97 Å². The number of aromatic nitrogens is 2. The maximum absolute atomic E-state index is 10.6. The molecule has 1 aromatic heterocycles.